The SMILES string of the molecule is CCCC(C)(C(=O)O)N(C=O)CC. The Balaban J connectivity index is 4.74. The third-order valence-electron chi connectivity index (χ3n) is 2.30. The predicted octanol–water partition coefficient (Wildman–Crippen LogP) is 1.11. The highest BCUT2D eigenvalue weighted by Gasteiger charge is 2.37. The molecule has 0 radical (unpaired) electrons. The molecule has 0 saturated heterocycles. The molecule has 0 fully saturated rings. The number of carbonyl (C=O) groups excluding carboxylic acids is 1. The second-order valence-corrected chi connectivity index (χ2v) is 3.22. The lowest BCUT2D eigenvalue weighted by atomic mass is 9.94. The summed E-state index contributed by atoms with van der Waals surface area (Å²) in [6.45, 7) is 5.67. The van der Waals surface area contributed by atoms with Crippen LogP contribution in [0.3, 0.4) is 0 Å². The molecule has 0 aromatic carbocycles. The number of rotatable bonds is 6. The molecule has 4 heteroatoms. The van der Waals surface area contributed by atoms with Crippen LogP contribution in [0.2, 0.25) is 0 Å². The Morgan fingerprint density at radius 1 is 1.54 bits per heavy atom. The minimum atomic E-state index is -1.05. The molecule has 0 aromatic heterocycles. The average molecular weight is 187 g/mol. The van der Waals surface area contributed by atoms with Gasteiger partial charge in [-0.2, -0.15) is 0 Å². The minimum absolute atomic E-state index is 0.423. The maximum absolute atomic E-state index is 11.0. The van der Waals surface area contributed by atoms with Gasteiger partial charge in [-0.05, 0) is 20.3 Å². The highest BCUT2D eigenvalue weighted by atomic mass is 16.4. The van der Waals surface area contributed by atoms with Crippen LogP contribution < -0.4 is 0 Å². The van der Waals surface area contributed by atoms with E-state index in [9.17, 15) is 9.59 Å². The molecule has 1 atom stereocenters. The van der Waals surface area contributed by atoms with E-state index in [-0.39, 0.29) is 0 Å². The van der Waals surface area contributed by atoms with Crippen LogP contribution in [0.4, 0.5) is 0 Å². The van der Waals surface area contributed by atoms with Crippen LogP contribution in [-0.4, -0.2) is 34.5 Å². The van der Waals surface area contributed by atoms with E-state index in [1.54, 1.807) is 13.8 Å². The molecule has 1 unspecified atom stereocenters. The summed E-state index contributed by atoms with van der Waals surface area (Å²) in [5.41, 5.74) is -1.05. The number of carboxylic acid groups (broad SMARTS) is 1. The molecule has 0 rings (SSSR count). The second kappa shape index (κ2) is 4.84. The van der Waals surface area contributed by atoms with Gasteiger partial charge in [0.1, 0.15) is 5.54 Å². The number of nitrogens with zero attached hydrogens (tertiary/aromatic N) is 1. The molecule has 1 N–H and O–H groups in total. The largest absolute Gasteiger partial charge is 0.480 e. The number of likely N-dealkylation sites (N-methyl/N-ethyl adjacent to an activating group) is 1. The molecular formula is C9H17NO3. The first kappa shape index (κ1) is 11.9. The topological polar surface area (TPSA) is 57.6 Å². The molecule has 0 saturated carbocycles. The van der Waals surface area contributed by atoms with Crippen molar-refractivity contribution in [2.24, 2.45) is 0 Å². The summed E-state index contributed by atoms with van der Waals surface area (Å²) < 4.78 is 0. The van der Waals surface area contributed by atoms with E-state index in [0.717, 1.165) is 6.42 Å². The van der Waals surface area contributed by atoms with Crippen molar-refractivity contribution in [3.63, 3.8) is 0 Å². The highest BCUT2D eigenvalue weighted by molar-refractivity contribution is 5.80. The summed E-state index contributed by atoms with van der Waals surface area (Å²) in [5, 5.41) is 9.00. The summed E-state index contributed by atoms with van der Waals surface area (Å²) in [6, 6.07) is 0. The second-order valence-electron chi connectivity index (χ2n) is 3.22. The number of hydrogen-bond donors (Lipinski definition) is 1. The van der Waals surface area contributed by atoms with Crippen molar-refractivity contribution in [3.05, 3.63) is 0 Å². The van der Waals surface area contributed by atoms with E-state index >= 15 is 0 Å². The van der Waals surface area contributed by atoms with E-state index in [1.165, 1.54) is 4.90 Å². The fraction of sp³-hybridized carbons (Fsp3) is 0.778. The first-order valence-electron chi connectivity index (χ1n) is 4.48. The molecule has 0 heterocycles. The Morgan fingerprint density at radius 3 is 2.31 bits per heavy atom. The van der Waals surface area contributed by atoms with E-state index in [0.29, 0.717) is 19.4 Å². The van der Waals surface area contributed by atoms with Crippen molar-refractivity contribution in [2.45, 2.75) is 39.2 Å². The molecule has 4 nitrogen and oxygen atoms in total. The number of aliphatic carboxylic acids is 1. The molecule has 0 spiro atoms. The summed E-state index contributed by atoms with van der Waals surface area (Å²) in [7, 11) is 0. The van der Waals surface area contributed by atoms with E-state index in [2.05, 4.69) is 0 Å². The standard InChI is InChI=1S/C9H17NO3/c1-4-6-9(3,8(12)13)10(5-2)7-11/h7H,4-6H2,1-3H3,(H,12,13). The third-order valence-corrected chi connectivity index (χ3v) is 2.30. The molecule has 0 aliphatic rings. The van der Waals surface area contributed by atoms with Crippen molar-refractivity contribution < 1.29 is 14.7 Å². The van der Waals surface area contributed by atoms with Gasteiger partial charge in [0.15, 0.2) is 0 Å². The van der Waals surface area contributed by atoms with Crippen molar-refractivity contribution in [3.8, 4) is 0 Å². The van der Waals surface area contributed by atoms with Gasteiger partial charge in [-0.3, -0.25) is 4.79 Å². The maximum atomic E-state index is 11.0. The number of carbonyl (C=O) groups is 2. The molecule has 0 bridgehead atoms. The summed E-state index contributed by atoms with van der Waals surface area (Å²) in [4.78, 5) is 22.9. The van der Waals surface area contributed by atoms with E-state index < -0.39 is 11.5 Å². The molecular weight excluding hydrogens is 170 g/mol. The lowest BCUT2D eigenvalue weighted by Crippen LogP contribution is -2.51. The van der Waals surface area contributed by atoms with Crippen LogP contribution in [0.15, 0.2) is 0 Å². The van der Waals surface area contributed by atoms with E-state index in [1.807, 2.05) is 6.92 Å². The zero-order chi connectivity index (χ0) is 10.5. The minimum Gasteiger partial charge on any atom is -0.480 e. The quantitative estimate of drug-likeness (QED) is 0.634. The Kier molecular flexibility index (Phi) is 4.45. The van der Waals surface area contributed by atoms with Crippen LogP contribution >= 0.6 is 0 Å². The summed E-state index contributed by atoms with van der Waals surface area (Å²) in [6.07, 6.45) is 1.83. The molecule has 13 heavy (non-hydrogen) atoms. The van der Waals surface area contributed by atoms with Crippen LogP contribution in [0.1, 0.15) is 33.6 Å². The van der Waals surface area contributed by atoms with Gasteiger partial charge < -0.3 is 10.0 Å². The summed E-state index contributed by atoms with van der Waals surface area (Å²) in [5.74, 6) is -0.941. The Bertz CT molecular complexity index is 193. The fourth-order valence-electron chi connectivity index (χ4n) is 1.40. The smallest absolute Gasteiger partial charge is 0.329 e. The monoisotopic (exact) mass is 187 g/mol. The van der Waals surface area contributed by atoms with Gasteiger partial charge in [0.05, 0.1) is 0 Å². The van der Waals surface area contributed by atoms with Crippen LogP contribution in [0.5, 0.6) is 0 Å². The predicted molar refractivity (Wildman–Crippen MR) is 49.4 cm³/mol. The van der Waals surface area contributed by atoms with E-state index in [4.69, 9.17) is 5.11 Å². The first-order chi connectivity index (χ1) is 6.02. The molecule has 0 aliphatic carbocycles. The van der Waals surface area contributed by atoms with Crippen molar-refractivity contribution >= 4 is 12.4 Å². The molecule has 1 amide bonds. The molecule has 76 valence electrons. The fourth-order valence-corrected chi connectivity index (χ4v) is 1.40. The van der Waals surface area contributed by atoms with Gasteiger partial charge in [0.25, 0.3) is 0 Å². The first-order valence-corrected chi connectivity index (χ1v) is 4.48. The maximum Gasteiger partial charge on any atom is 0.329 e. The number of amides is 1. The van der Waals surface area contributed by atoms with Gasteiger partial charge in [-0.15, -0.1) is 0 Å². The van der Waals surface area contributed by atoms with Crippen LogP contribution in [-0.2, 0) is 9.59 Å². The van der Waals surface area contributed by atoms with Crippen LogP contribution in [0.25, 0.3) is 0 Å². The lowest BCUT2D eigenvalue weighted by molar-refractivity contribution is -0.154. The average Bonchev–Trinajstić information content (AvgIpc) is 2.06. The van der Waals surface area contributed by atoms with Gasteiger partial charge in [0.2, 0.25) is 6.41 Å². The normalized spacial score (nSPS) is 14.7. The van der Waals surface area contributed by atoms with Crippen molar-refractivity contribution in [1.82, 2.24) is 4.90 Å². The van der Waals surface area contributed by atoms with Gasteiger partial charge >= 0.3 is 5.97 Å². The van der Waals surface area contributed by atoms with Gasteiger partial charge in [-0.1, -0.05) is 13.3 Å². The van der Waals surface area contributed by atoms with Crippen molar-refractivity contribution in [2.75, 3.05) is 6.54 Å². The number of hydrogen-bond acceptors (Lipinski definition) is 2. The Morgan fingerprint density at radius 2 is 2.08 bits per heavy atom. The van der Waals surface area contributed by atoms with Gasteiger partial charge in [-0.25, -0.2) is 4.79 Å². The van der Waals surface area contributed by atoms with Gasteiger partial charge in [0, 0.05) is 6.54 Å². The van der Waals surface area contributed by atoms with Crippen LogP contribution in [0, 0.1) is 0 Å². The lowest BCUT2D eigenvalue weighted by Gasteiger charge is -2.34. The molecule has 0 aliphatic heterocycles. The summed E-state index contributed by atoms with van der Waals surface area (Å²) >= 11 is 0. The Labute approximate surface area is 78.5 Å². The Hall–Kier alpha value is -1.06. The molecule has 0 aromatic rings. The zero-order valence-electron chi connectivity index (χ0n) is 8.41. The zero-order valence-corrected chi connectivity index (χ0v) is 8.41. The van der Waals surface area contributed by atoms with Crippen molar-refractivity contribution in [1.29, 1.82) is 0 Å². The number of carboxylic acids is 1. The highest BCUT2D eigenvalue weighted by Crippen LogP contribution is 2.19. The third kappa shape index (κ3) is 2.44.